The maximum atomic E-state index is 16.9. The molecule has 0 radical (unpaired) electrons. The summed E-state index contributed by atoms with van der Waals surface area (Å²) in [6.45, 7) is 7.21. The fraction of sp³-hybridized carbons (Fsp3) is 0.511. The van der Waals surface area contributed by atoms with E-state index in [9.17, 15) is 19.5 Å². The maximum Gasteiger partial charge on any atom is 0.305 e. The number of esters is 1. The van der Waals surface area contributed by atoms with E-state index < -0.39 is 43.2 Å². The van der Waals surface area contributed by atoms with Crippen molar-refractivity contribution in [1.29, 1.82) is 0 Å². The van der Waals surface area contributed by atoms with Crippen LogP contribution in [0.5, 0.6) is 0 Å². The highest BCUT2D eigenvalue weighted by molar-refractivity contribution is 6.72. The van der Waals surface area contributed by atoms with Gasteiger partial charge in [0.15, 0.2) is 5.60 Å². The van der Waals surface area contributed by atoms with Gasteiger partial charge in [-0.05, 0) is 99.7 Å². The maximum absolute atomic E-state index is 16.9. The van der Waals surface area contributed by atoms with Crippen LogP contribution in [0.4, 0.5) is 21.2 Å². The van der Waals surface area contributed by atoms with Crippen LogP contribution in [-0.2, 0) is 47.2 Å². The van der Waals surface area contributed by atoms with Crippen molar-refractivity contribution in [3.8, 4) is 0 Å². The van der Waals surface area contributed by atoms with Crippen LogP contribution in [0.1, 0.15) is 62.1 Å². The standard InChI is InChI=1S/C45H56FN5O7Si/c1-30-41(59(3,4)46)38(26-39(53)49-27-32-13-9-8-12-31(32)24-35(49)28-52)58-45(30)36-25-34(17-18-37(36)48(43(45)56)23-11-10-16-40(54)57-2)50-29-51(33-14-6-5-7-15-33)44(42(50)55)19-21-47-22-20-44/h5-9,12-15,17-18,25,30,35,38,41,47,52H,10-11,16,19-24,26-29H2,1-4H3/t30-,35+,38+,41-,45+/m1/s1. The summed E-state index contributed by atoms with van der Waals surface area (Å²) in [6.07, 6.45) is 1.92. The molecule has 0 saturated carbocycles. The molecule has 0 aromatic heterocycles. The summed E-state index contributed by atoms with van der Waals surface area (Å²) in [5.74, 6) is -1.59. The van der Waals surface area contributed by atoms with E-state index in [2.05, 4.69) is 10.2 Å². The first-order valence-corrected chi connectivity index (χ1v) is 24.0. The molecule has 5 atom stereocenters. The number of amides is 3. The van der Waals surface area contributed by atoms with Crippen LogP contribution in [-0.4, -0.2) is 99.8 Å². The Labute approximate surface area is 346 Å². The summed E-state index contributed by atoms with van der Waals surface area (Å²) in [7, 11) is -2.28. The molecule has 314 valence electrons. The van der Waals surface area contributed by atoms with Crippen LogP contribution in [0.2, 0.25) is 18.6 Å². The van der Waals surface area contributed by atoms with E-state index in [0.29, 0.717) is 75.3 Å². The average Bonchev–Trinajstić information content (AvgIpc) is 3.78. The molecule has 0 unspecified atom stereocenters. The van der Waals surface area contributed by atoms with Crippen LogP contribution >= 0.6 is 0 Å². The number of benzene rings is 3. The molecule has 3 aromatic rings. The third-order valence-electron chi connectivity index (χ3n) is 13.7. The Morgan fingerprint density at radius 2 is 1.68 bits per heavy atom. The number of aliphatic hydroxyl groups is 1. The zero-order valence-electron chi connectivity index (χ0n) is 34.5. The van der Waals surface area contributed by atoms with E-state index in [1.54, 1.807) is 27.8 Å². The second-order valence-corrected chi connectivity index (χ2v) is 21.2. The first-order valence-electron chi connectivity index (χ1n) is 21.1. The Morgan fingerprint density at radius 1 is 0.966 bits per heavy atom. The van der Waals surface area contributed by atoms with E-state index in [1.165, 1.54) is 7.11 Å². The van der Waals surface area contributed by atoms with Gasteiger partial charge in [-0.15, -0.1) is 0 Å². The normalized spacial score (nSPS) is 26.2. The number of hydrogen-bond donors (Lipinski definition) is 2. The van der Waals surface area contributed by atoms with Crippen molar-refractivity contribution in [1.82, 2.24) is 10.2 Å². The largest absolute Gasteiger partial charge is 0.469 e. The minimum absolute atomic E-state index is 0.0126. The average molecular weight is 826 g/mol. The number of anilines is 3. The molecule has 3 fully saturated rings. The quantitative estimate of drug-likeness (QED) is 0.113. The van der Waals surface area contributed by atoms with Crippen LogP contribution in [0.15, 0.2) is 72.8 Å². The lowest BCUT2D eigenvalue weighted by Crippen LogP contribution is -2.55. The second-order valence-electron chi connectivity index (χ2n) is 17.4. The number of fused-ring (bicyclic) bond motifs is 3. The number of ether oxygens (including phenoxy) is 2. The number of methoxy groups -OCH3 is 1. The van der Waals surface area contributed by atoms with Crippen LogP contribution in [0.3, 0.4) is 0 Å². The first-order chi connectivity index (χ1) is 28.3. The van der Waals surface area contributed by atoms with E-state index in [1.807, 2.05) is 79.7 Å². The van der Waals surface area contributed by atoms with Gasteiger partial charge in [-0.2, -0.15) is 0 Å². The number of carbonyl (C=O) groups is 4. The molecule has 2 spiro atoms. The van der Waals surface area contributed by atoms with E-state index >= 15 is 8.90 Å². The van der Waals surface area contributed by atoms with E-state index in [0.717, 1.165) is 16.8 Å². The van der Waals surface area contributed by atoms with Crippen molar-refractivity contribution in [2.75, 3.05) is 54.7 Å². The van der Waals surface area contributed by atoms with E-state index in [-0.39, 0.29) is 49.7 Å². The number of nitrogens with zero attached hydrogens (tertiary/aromatic N) is 4. The third-order valence-corrected chi connectivity index (χ3v) is 16.2. The summed E-state index contributed by atoms with van der Waals surface area (Å²) < 4.78 is 28.7. The van der Waals surface area contributed by atoms with Gasteiger partial charge in [-0.3, -0.25) is 24.1 Å². The molecule has 8 rings (SSSR count). The highest BCUT2D eigenvalue weighted by Gasteiger charge is 2.67. The molecule has 3 saturated heterocycles. The lowest BCUT2D eigenvalue weighted by atomic mass is 9.82. The molecule has 5 aliphatic rings. The third kappa shape index (κ3) is 7.05. The molecule has 12 nitrogen and oxygen atoms in total. The van der Waals surface area contributed by atoms with Crippen molar-refractivity contribution in [2.45, 2.75) is 100 Å². The summed E-state index contributed by atoms with van der Waals surface area (Å²) >= 11 is 0. The van der Waals surface area contributed by atoms with Crippen molar-refractivity contribution >= 4 is 49.2 Å². The number of halogens is 1. The van der Waals surface area contributed by atoms with Crippen molar-refractivity contribution in [3.05, 3.63) is 89.5 Å². The molecule has 0 bridgehead atoms. The van der Waals surface area contributed by atoms with Gasteiger partial charge in [0.05, 0.1) is 44.6 Å². The Morgan fingerprint density at radius 3 is 2.37 bits per heavy atom. The SMILES string of the molecule is COC(=O)CCCCN1C(=O)[C@@]2(O[C@@H](CC(=O)N3Cc4ccccc4C[C@H]3CO)[C@H]([Si](C)(C)F)[C@H]2C)c2cc(N3CN(c4ccccc4)C4(CCNCC4)C3=O)ccc21. The summed E-state index contributed by atoms with van der Waals surface area (Å²) in [4.78, 5) is 63.6. The molecule has 3 aromatic carbocycles. The molecule has 2 N–H and O–H groups in total. The Hall–Kier alpha value is -4.63. The fourth-order valence-corrected chi connectivity index (χ4v) is 13.3. The van der Waals surface area contributed by atoms with Crippen molar-refractivity contribution < 1.29 is 37.9 Å². The van der Waals surface area contributed by atoms with Gasteiger partial charge in [0.2, 0.25) is 14.3 Å². The molecule has 5 heterocycles. The van der Waals surface area contributed by atoms with Crippen LogP contribution in [0.25, 0.3) is 0 Å². The minimum atomic E-state index is -3.63. The van der Waals surface area contributed by atoms with Crippen LogP contribution < -0.4 is 20.0 Å². The van der Waals surface area contributed by atoms with Gasteiger partial charge in [-0.25, -0.2) is 0 Å². The van der Waals surface area contributed by atoms with Gasteiger partial charge >= 0.3 is 5.97 Å². The molecule has 3 amide bonds. The Bertz CT molecular complexity index is 2090. The van der Waals surface area contributed by atoms with Gasteiger partial charge < -0.3 is 38.7 Å². The lowest BCUT2D eigenvalue weighted by molar-refractivity contribution is -0.151. The Balaban J connectivity index is 1.17. The van der Waals surface area contributed by atoms with Gasteiger partial charge in [-0.1, -0.05) is 49.4 Å². The number of rotatable bonds is 11. The monoisotopic (exact) mass is 825 g/mol. The van der Waals surface area contributed by atoms with Gasteiger partial charge in [0, 0.05) is 47.9 Å². The smallest absolute Gasteiger partial charge is 0.305 e. The number of para-hydroxylation sites is 1. The molecule has 5 aliphatic heterocycles. The number of piperidine rings is 1. The number of aliphatic hydroxyl groups excluding tert-OH is 1. The molecule has 0 aliphatic carbocycles. The van der Waals surface area contributed by atoms with Crippen LogP contribution in [0, 0.1) is 5.92 Å². The fourth-order valence-electron chi connectivity index (χ4n) is 10.8. The van der Waals surface area contributed by atoms with Gasteiger partial charge in [0.25, 0.3) is 11.8 Å². The molecule has 14 heteroatoms. The zero-order chi connectivity index (χ0) is 41.7. The van der Waals surface area contributed by atoms with E-state index in [4.69, 9.17) is 9.47 Å². The summed E-state index contributed by atoms with van der Waals surface area (Å²) in [5, 5.41) is 13.8. The predicted molar refractivity (Wildman–Crippen MR) is 225 cm³/mol. The summed E-state index contributed by atoms with van der Waals surface area (Å²) in [5.41, 5.74) is 1.73. The minimum Gasteiger partial charge on any atom is -0.469 e. The number of unbranched alkanes of at least 4 members (excludes halogenated alkanes) is 1. The number of nitrogens with one attached hydrogen (secondary N) is 1. The molecular formula is C45H56FN5O7Si. The molecular weight excluding hydrogens is 770 g/mol. The highest BCUT2D eigenvalue weighted by Crippen LogP contribution is 2.61. The predicted octanol–water partition coefficient (Wildman–Crippen LogP) is 5.42. The van der Waals surface area contributed by atoms with Crippen molar-refractivity contribution in [3.63, 3.8) is 0 Å². The van der Waals surface area contributed by atoms with Crippen molar-refractivity contribution in [2.24, 2.45) is 5.92 Å². The molecule has 59 heavy (non-hydrogen) atoms. The highest BCUT2D eigenvalue weighted by atomic mass is 28.4. The first kappa shape index (κ1) is 41.1. The summed E-state index contributed by atoms with van der Waals surface area (Å²) in [6, 6.07) is 23.0. The number of carbonyl (C=O) groups excluding carboxylic acids is 4. The zero-order valence-corrected chi connectivity index (χ0v) is 35.5. The second kappa shape index (κ2) is 16.1. The number of hydrogen-bond acceptors (Lipinski definition) is 9. The Kier molecular flexibility index (Phi) is 11.2. The topological polar surface area (TPSA) is 132 Å². The van der Waals surface area contributed by atoms with Gasteiger partial charge in [0.1, 0.15) is 5.54 Å². The lowest BCUT2D eigenvalue weighted by Gasteiger charge is -2.39.